The first-order valence-corrected chi connectivity index (χ1v) is 10.5. The number of hydrogen-bond donors (Lipinski definition) is 3. The minimum atomic E-state index is 0.205. The molecule has 0 amide bonds. The van der Waals surface area contributed by atoms with Gasteiger partial charge >= 0.3 is 0 Å². The zero-order valence-electron chi connectivity index (χ0n) is 17.0. The van der Waals surface area contributed by atoms with E-state index in [1.807, 2.05) is 28.9 Å². The Hall–Kier alpha value is -2.80. The second kappa shape index (κ2) is 8.69. The molecule has 0 saturated carbocycles. The Morgan fingerprint density at radius 2 is 2.17 bits per heavy atom. The summed E-state index contributed by atoms with van der Waals surface area (Å²) in [6.07, 6.45) is 7.02. The third-order valence-electron chi connectivity index (χ3n) is 5.72. The van der Waals surface area contributed by atoms with Crippen LogP contribution in [0, 0.1) is 0 Å². The second-order valence-electron chi connectivity index (χ2n) is 7.71. The summed E-state index contributed by atoms with van der Waals surface area (Å²) >= 11 is 0. The fourth-order valence-corrected chi connectivity index (χ4v) is 4.17. The lowest BCUT2D eigenvalue weighted by Gasteiger charge is -2.36. The summed E-state index contributed by atoms with van der Waals surface area (Å²) < 4.78 is 1.89. The van der Waals surface area contributed by atoms with Crippen LogP contribution in [-0.2, 0) is 13.0 Å². The zero-order chi connectivity index (χ0) is 20.2. The van der Waals surface area contributed by atoms with Crippen molar-refractivity contribution < 1.29 is 5.11 Å². The lowest BCUT2D eigenvalue weighted by Crippen LogP contribution is -2.40. The van der Waals surface area contributed by atoms with Gasteiger partial charge in [-0.05, 0) is 49.8 Å². The van der Waals surface area contributed by atoms with Crippen molar-refractivity contribution in [2.75, 3.05) is 29.1 Å². The molecule has 3 heterocycles. The maximum atomic E-state index is 9.51. The van der Waals surface area contributed by atoms with Gasteiger partial charge in [-0.2, -0.15) is 9.61 Å². The van der Waals surface area contributed by atoms with Gasteiger partial charge in [0.15, 0.2) is 5.65 Å². The second-order valence-corrected chi connectivity index (χ2v) is 7.71. The van der Waals surface area contributed by atoms with E-state index >= 15 is 0 Å². The van der Waals surface area contributed by atoms with E-state index in [1.165, 1.54) is 6.42 Å². The van der Waals surface area contributed by atoms with E-state index in [1.54, 1.807) is 0 Å². The first-order valence-electron chi connectivity index (χ1n) is 10.5. The van der Waals surface area contributed by atoms with E-state index in [9.17, 15) is 5.11 Å². The van der Waals surface area contributed by atoms with Crippen molar-refractivity contribution in [3.63, 3.8) is 0 Å². The zero-order valence-corrected chi connectivity index (χ0v) is 17.0. The van der Waals surface area contributed by atoms with Crippen molar-refractivity contribution in [3.05, 3.63) is 47.7 Å². The van der Waals surface area contributed by atoms with Crippen LogP contribution < -0.4 is 16.0 Å². The molecule has 29 heavy (non-hydrogen) atoms. The van der Waals surface area contributed by atoms with Crippen molar-refractivity contribution in [2.45, 2.75) is 51.6 Å². The summed E-state index contributed by atoms with van der Waals surface area (Å²) in [5.41, 5.74) is 9.84. The van der Waals surface area contributed by atoms with Crippen LogP contribution in [0.2, 0.25) is 0 Å². The van der Waals surface area contributed by atoms with Crippen molar-refractivity contribution in [2.24, 2.45) is 0 Å². The van der Waals surface area contributed by atoms with E-state index in [2.05, 4.69) is 34.4 Å². The van der Waals surface area contributed by atoms with Crippen LogP contribution in [0.25, 0.3) is 5.65 Å². The number of aliphatic hydroxyl groups is 1. The van der Waals surface area contributed by atoms with Gasteiger partial charge in [-0.1, -0.05) is 19.1 Å². The summed E-state index contributed by atoms with van der Waals surface area (Å²) in [5, 5.41) is 17.6. The molecule has 1 atom stereocenters. The molecule has 1 unspecified atom stereocenters. The van der Waals surface area contributed by atoms with Gasteiger partial charge in [0.25, 0.3) is 0 Å². The molecule has 0 aliphatic carbocycles. The number of nitrogens with two attached hydrogens (primary N) is 1. The number of aromatic nitrogens is 3. The molecule has 3 aromatic rings. The molecule has 0 spiro atoms. The SMILES string of the molecule is CCc1cnn2c(NCc3cccc(N)c3)cc(N3CCCCC3CCO)nc12. The number of aryl methyl sites for hydroxylation is 1. The monoisotopic (exact) mass is 394 g/mol. The standard InChI is InChI=1S/C22H30N6O/c1-2-17-15-25-28-20(24-14-16-6-5-7-18(23)12-16)13-21(26-22(17)28)27-10-4-3-8-19(27)9-11-29/h5-7,12-13,15,19,24,29H,2-4,8-11,14,23H2,1H3. The van der Waals surface area contributed by atoms with Crippen LogP contribution in [0.15, 0.2) is 36.5 Å². The Bertz CT molecular complexity index is 967. The summed E-state index contributed by atoms with van der Waals surface area (Å²) in [7, 11) is 0. The summed E-state index contributed by atoms with van der Waals surface area (Å²) in [5.74, 6) is 1.88. The summed E-state index contributed by atoms with van der Waals surface area (Å²) in [6.45, 7) is 3.96. The highest BCUT2D eigenvalue weighted by Crippen LogP contribution is 2.29. The number of nitrogens with zero attached hydrogens (tertiary/aromatic N) is 4. The Morgan fingerprint density at radius 1 is 1.28 bits per heavy atom. The Morgan fingerprint density at radius 3 is 2.97 bits per heavy atom. The first-order chi connectivity index (χ1) is 14.2. The number of nitrogen functional groups attached to an aromatic ring is 1. The Balaban J connectivity index is 1.69. The number of aliphatic hydroxyl groups excluding tert-OH is 1. The number of anilines is 3. The van der Waals surface area contributed by atoms with Crippen molar-refractivity contribution in [1.82, 2.24) is 14.6 Å². The minimum absolute atomic E-state index is 0.205. The highest BCUT2D eigenvalue weighted by molar-refractivity contribution is 5.61. The van der Waals surface area contributed by atoms with Crippen LogP contribution in [0.1, 0.15) is 43.7 Å². The number of hydrogen-bond acceptors (Lipinski definition) is 6. The largest absolute Gasteiger partial charge is 0.399 e. The molecule has 7 nitrogen and oxygen atoms in total. The van der Waals surface area contributed by atoms with Gasteiger partial charge < -0.3 is 21.1 Å². The molecule has 0 radical (unpaired) electrons. The van der Waals surface area contributed by atoms with E-state index < -0.39 is 0 Å². The quantitative estimate of drug-likeness (QED) is 0.533. The molecule has 0 bridgehead atoms. The van der Waals surface area contributed by atoms with Gasteiger partial charge in [0.05, 0.1) is 6.20 Å². The molecule has 1 saturated heterocycles. The van der Waals surface area contributed by atoms with Gasteiger partial charge in [0, 0.05) is 43.1 Å². The van der Waals surface area contributed by atoms with Crippen molar-refractivity contribution in [3.8, 4) is 0 Å². The van der Waals surface area contributed by atoms with E-state index in [4.69, 9.17) is 10.7 Å². The summed E-state index contributed by atoms with van der Waals surface area (Å²) in [6, 6.07) is 10.3. The third-order valence-corrected chi connectivity index (χ3v) is 5.72. The fraction of sp³-hybridized carbons (Fsp3) is 0.455. The number of benzene rings is 1. The van der Waals surface area contributed by atoms with E-state index in [0.29, 0.717) is 12.6 Å². The number of rotatable bonds is 7. The van der Waals surface area contributed by atoms with Crippen LogP contribution in [0.4, 0.5) is 17.3 Å². The van der Waals surface area contributed by atoms with Gasteiger partial charge in [-0.15, -0.1) is 0 Å². The van der Waals surface area contributed by atoms with Crippen LogP contribution in [-0.4, -0.2) is 38.9 Å². The molecule has 1 aliphatic rings. The highest BCUT2D eigenvalue weighted by Gasteiger charge is 2.24. The number of piperidine rings is 1. The normalized spacial score (nSPS) is 17.0. The predicted molar refractivity (Wildman–Crippen MR) is 117 cm³/mol. The van der Waals surface area contributed by atoms with Gasteiger partial charge in [-0.3, -0.25) is 0 Å². The fourth-order valence-electron chi connectivity index (χ4n) is 4.17. The van der Waals surface area contributed by atoms with E-state index in [-0.39, 0.29) is 6.61 Å². The first kappa shape index (κ1) is 19.5. The molecule has 2 aromatic heterocycles. The topological polar surface area (TPSA) is 91.7 Å². The Labute approximate surface area is 171 Å². The minimum Gasteiger partial charge on any atom is -0.399 e. The maximum Gasteiger partial charge on any atom is 0.162 e. The smallest absolute Gasteiger partial charge is 0.162 e. The van der Waals surface area contributed by atoms with Crippen molar-refractivity contribution >= 4 is 23.0 Å². The predicted octanol–water partition coefficient (Wildman–Crippen LogP) is 3.23. The van der Waals surface area contributed by atoms with Crippen molar-refractivity contribution in [1.29, 1.82) is 0 Å². The van der Waals surface area contributed by atoms with Crippen LogP contribution in [0.5, 0.6) is 0 Å². The van der Waals surface area contributed by atoms with Crippen LogP contribution >= 0.6 is 0 Å². The molecule has 1 aromatic carbocycles. The third kappa shape index (κ3) is 4.15. The molecule has 1 fully saturated rings. The molecule has 1 aliphatic heterocycles. The maximum absolute atomic E-state index is 9.51. The molecular weight excluding hydrogens is 364 g/mol. The molecule has 154 valence electrons. The molecular formula is C22H30N6O. The van der Waals surface area contributed by atoms with Gasteiger partial charge in [0.1, 0.15) is 11.6 Å². The summed E-state index contributed by atoms with van der Waals surface area (Å²) in [4.78, 5) is 7.34. The molecule has 7 heteroatoms. The van der Waals surface area contributed by atoms with Gasteiger partial charge in [0.2, 0.25) is 0 Å². The Kier molecular flexibility index (Phi) is 5.85. The number of fused-ring (bicyclic) bond motifs is 1. The average Bonchev–Trinajstić information content (AvgIpc) is 3.16. The van der Waals surface area contributed by atoms with E-state index in [0.717, 1.165) is 66.3 Å². The molecule has 4 N–H and O–H groups in total. The molecule has 4 rings (SSSR count). The lowest BCUT2D eigenvalue weighted by molar-refractivity contribution is 0.262. The van der Waals surface area contributed by atoms with Gasteiger partial charge in [-0.25, -0.2) is 4.98 Å². The lowest BCUT2D eigenvalue weighted by atomic mass is 9.99. The van der Waals surface area contributed by atoms with Crippen LogP contribution in [0.3, 0.4) is 0 Å². The average molecular weight is 395 g/mol. The number of nitrogens with one attached hydrogen (secondary N) is 1. The highest BCUT2D eigenvalue weighted by atomic mass is 16.3.